The van der Waals surface area contributed by atoms with Gasteiger partial charge < -0.3 is 20.0 Å². The van der Waals surface area contributed by atoms with Gasteiger partial charge in [0.15, 0.2) is 11.6 Å². The van der Waals surface area contributed by atoms with E-state index in [-0.39, 0.29) is 55.7 Å². The predicted octanol–water partition coefficient (Wildman–Crippen LogP) is 2.76. The summed E-state index contributed by atoms with van der Waals surface area (Å²) in [4.78, 5) is 43.1. The van der Waals surface area contributed by atoms with E-state index in [1.165, 1.54) is 28.0 Å². The minimum Gasteiger partial charge on any atom is -0.352 e. The van der Waals surface area contributed by atoms with Gasteiger partial charge in [-0.25, -0.2) is 17.6 Å². The van der Waals surface area contributed by atoms with E-state index in [4.69, 9.17) is 0 Å². The molecule has 1 aliphatic heterocycles. The van der Waals surface area contributed by atoms with Crippen LogP contribution in [0.1, 0.15) is 30.4 Å². The molecule has 1 atom stereocenters. The number of hydrogen-bond donors (Lipinski definition) is 1. The van der Waals surface area contributed by atoms with Crippen LogP contribution < -0.4 is 10.2 Å². The van der Waals surface area contributed by atoms with E-state index < -0.39 is 41.1 Å². The monoisotopic (exact) mass is 520 g/mol. The van der Waals surface area contributed by atoms with Gasteiger partial charge in [-0.1, -0.05) is 6.07 Å². The highest BCUT2D eigenvalue weighted by molar-refractivity contribution is 6.02. The fourth-order valence-corrected chi connectivity index (χ4v) is 4.30. The highest BCUT2D eigenvalue weighted by atomic mass is 19.2. The minimum atomic E-state index is -1.30. The van der Waals surface area contributed by atoms with E-state index in [2.05, 4.69) is 5.32 Å². The summed E-state index contributed by atoms with van der Waals surface area (Å²) in [6, 6.07) is 4.59. The van der Waals surface area contributed by atoms with Crippen molar-refractivity contribution in [3.63, 3.8) is 0 Å². The molecule has 2 aromatic carbocycles. The van der Waals surface area contributed by atoms with Crippen molar-refractivity contribution in [1.82, 2.24) is 15.1 Å². The summed E-state index contributed by atoms with van der Waals surface area (Å²) in [6.07, 6.45) is 1.53. The molecule has 1 aliphatic carbocycles. The molecule has 4 rings (SSSR count). The fraction of sp³-hybridized carbons (Fsp3) is 0.423. The van der Waals surface area contributed by atoms with Crippen LogP contribution in [0, 0.1) is 23.3 Å². The highest BCUT2D eigenvalue weighted by Crippen LogP contribution is 2.28. The van der Waals surface area contributed by atoms with Crippen molar-refractivity contribution in [2.24, 2.45) is 0 Å². The molecule has 2 aliphatic rings. The predicted molar refractivity (Wildman–Crippen MR) is 127 cm³/mol. The maximum Gasteiger partial charge on any atom is 0.247 e. The molecule has 2 aromatic rings. The van der Waals surface area contributed by atoms with E-state index in [0.717, 1.165) is 18.9 Å². The van der Waals surface area contributed by atoms with Gasteiger partial charge in [-0.2, -0.15) is 0 Å². The second-order valence-corrected chi connectivity index (χ2v) is 9.73. The van der Waals surface area contributed by atoms with Crippen LogP contribution in [0.5, 0.6) is 0 Å². The van der Waals surface area contributed by atoms with Crippen molar-refractivity contribution in [3.05, 3.63) is 64.7 Å². The second-order valence-electron chi connectivity index (χ2n) is 9.73. The van der Waals surface area contributed by atoms with E-state index in [1.807, 2.05) is 0 Å². The Morgan fingerprint density at radius 1 is 1.03 bits per heavy atom. The lowest BCUT2D eigenvalue weighted by Crippen LogP contribution is -2.46. The molecule has 1 N–H and O–H groups in total. The van der Waals surface area contributed by atoms with Crippen molar-refractivity contribution in [2.45, 2.75) is 44.3 Å². The third-order valence-corrected chi connectivity index (χ3v) is 6.61. The van der Waals surface area contributed by atoms with E-state index in [0.29, 0.717) is 11.6 Å². The molecule has 0 bridgehead atoms. The molecular weight excluding hydrogens is 492 g/mol. The Labute approximate surface area is 212 Å². The fourth-order valence-electron chi connectivity index (χ4n) is 4.30. The Balaban J connectivity index is 1.53. The zero-order valence-electron chi connectivity index (χ0n) is 20.6. The SMILES string of the molecule is CN(C)[C@@H](CC(=O)N1CC(=O)N(CC(=O)NC2CC2)c2cc(F)ccc2C1)Cc1cc(F)c(F)cc1F. The molecule has 0 radical (unpaired) electrons. The molecular formula is C26H28F4N4O3. The average Bonchev–Trinajstić information content (AvgIpc) is 3.65. The molecule has 198 valence electrons. The number of carbonyl (C=O) groups excluding carboxylic acids is 3. The van der Waals surface area contributed by atoms with Gasteiger partial charge in [-0.15, -0.1) is 0 Å². The lowest BCUT2D eigenvalue weighted by molar-refractivity contribution is -0.136. The van der Waals surface area contributed by atoms with Crippen molar-refractivity contribution >= 4 is 23.4 Å². The quantitative estimate of drug-likeness (QED) is 0.429. The Bertz CT molecular complexity index is 1220. The zero-order valence-corrected chi connectivity index (χ0v) is 20.6. The molecule has 0 saturated heterocycles. The Morgan fingerprint density at radius 3 is 2.41 bits per heavy atom. The Kier molecular flexibility index (Phi) is 7.82. The molecule has 37 heavy (non-hydrogen) atoms. The van der Waals surface area contributed by atoms with Gasteiger partial charge in [0.2, 0.25) is 17.7 Å². The summed E-state index contributed by atoms with van der Waals surface area (Å²) >= 11 is 0. The van der Waals surface area contributed by atoms with Gasteiger partial charge in [0.1, 0.15) is 24.7 Å². The first-order chi connectivity index (χ1) is 17.5. The zero-order chi connectivity index (χ0) is 26.9. The number of carbonyl (C=O) groups is 3. The van der Waals surface area contributed by atoms with E-state index >= 15 is 0 Å². The topological polar surface area (TPSA) is 73.0 Å². The minimum absolute atomic E-state index is 0.000612. The van der Waals surface area contributed by atoms with Crippen LogP contribution in [0.25, 0.3) is 0 Å². The van der Waals surface area contributed by atoms with Gasteiger partial charge in [0, 0.05) is 31.1 Å². The van der Waals surface area contributed by atoms with Crippen LogP contribution in [0.3, 0.4) is 0 Å². The molecule has 1 heterocycles. The number of nitrogens with zero attached hydrogens (tertiary/aromatic N) is 3. The lowest BCUT2D eigenvalue weighted by atomic mass is 10.0. The number of rotatable bonds is 8. The first kappa shape index (κ1) is 26.6. The Hall–Kier alpha value is -3.47. The molecule has 1 fully saturated rings. The van der Waals surface area contributed by atoms with Crippen LogP contribution in [-0.4, -0.2) is 66.8 Å². The van der Waals surface area contributed by atoms with Crippen molar-refractivity contribution in [2.75, 3.05) is 32.1 Å². The molecule has 1 saturated carbocycles. The van der Waals surface area contributed by atoms with Crippen molar-refractivity contribution in [3.8, 4) is 0 Å². The van der Waals surface area contributed by atoms with Crippen LogP contribution in [-0.2, 0) is 27.3 Å². The maximum atomic E-state index is 14.2. The van der Waals surface area contributed by atoms with Gasteiger partial charge in [0.25, 0.3) is 0 Å². The second kappa shape index (κ2) is 10.9. The average molecular weight is 521 g/mol. The van der Waals surface area contributed by atoms with Gasteiger partial charge >= 0.3 is 0 Å². The number of anilines is 1. The number of halogens is 4. The first-order valence-corrected chi connectivity index (χ1v) is 12.0. The molecule has 0 unspecified atom stereocenters. The van der Waals surface area contributed by atoms with Crippen LogP contribution >= 0.6 is 0 Å². The first-order valence-electron chi connectivity index (χ1n) is 12.0. The third-order valence-electron chi connectivity index (χ3n) is 6.61. The van der Waals surface area contributed by atoms with E-state index in [9.17, 15) is 31.9 Å². The van der Waals surface area contributed by atoms with E-state index in [1.54, 1.807) is 19.0 Å². The standard InChI is InChI=1S/C26H28F4N4O3/c1-32(2)19(7-16-8-21(29)22(30)11-20(16)28)10-25(36)33-12-15-3-4-17(27)9-23(15)34(26(37)14-33)13-24(35)31-18-5-6-18/h3-4,8-9,11,18-19H,5-7,10,12-14H2,1-2H3,(H,31,35)/t19-/m1/s1. The number of amides is 3. The molecule has 0 aromatic heterocycles. The Morgan fingerprint density at radius 2 is 1.73 bits per heavy atom. The summed E-state index contributed by atoms with van der Waals surface area (Å²) in [5.41, 5.74) is 0.637. The van der Waals surface area contributed by atoms with Gasteiger partial charge in [-0.05, 0) is 62.7 Å². The number of nitrogens with one attached hydrogen (secondary N) is 1. The summed E-state index contributed by atoms with van der Waals surface area (Å²) < 4.78 is 55.4. The summed E-state index contributed by atoms with van der Waals surface area (Å²) in [5, 5.41) is 2.80. The van der Waals surface area contributed by atoms with Crippen LogP contribution in [0.2, 0.25) is 0 Å². The molecule has 11 heteroatoms. The molecule has 3 amide bonds. The normalized spacial score (nSPS) is 16.5. The molecule has 7 nitrogen and oxygen atoms in total. The summed E-state index contributed by atoms with van der Waals surface area (Å²) in [7, 11) is 3.34. The number of likely N-dealkylation sites (N-methyl/N-ethyl adjacent to an activating group) is 1. The maximum absolute atomic E-state index is 14.2. The molecule has 0 spiro atoms. The highest BCUT2D eigenvalue weighted by Gasteiger charge is 2.33. The lowest BCUT2D eigenvalue weighted by Gasteiger charge is -2.28. The van der Waals surface area contributed by atoms with Crippen LogP contribution in [0.15, 0.2) is 30.3 Å². The largest absolute Gasteiger partial charge is 0.352 e. The third kappa shape index (κ3) is 6.46. The van der Waals surface area contributed by atoms with Gasteiger partial charge in [0.05, 0.1) is 5.69 Å². The van der Waals surface area contributed by atoms with Crippen molar-refractivity contribution in [1.29, 1.82) is 0 Å². The smallest absolute Gasteiger partial charge is 0.247 e. The number of benzene rings is 2. The number of fused-ring (bicyclic) bond motifs is 1. The summed E-state index contributed by atoms with van der Waals surface area (Å²) in [6.45, 7) is -0.643. The van der Waals surface area contributed by atoms with Gasteiger partial charge in [-0.3, -0.25) is 14.4 Å². The summed E-state index contributed by atoms with van der Waals surface area (Å²) in [5.74, 6) is -5.34. The van der Waals surface area contributed by atoms with Crippen LogP contribution in [0.4, 0.5) is 23.2 Å². The number of hydrogen-bond acceptors (Lipinski definition) is 4. The van der Waals surface area contributed by atoms with Crippen molar-refractivity contribution < 1.29 is 31.9 Å².